The number of hydrogen-bond acceptors (Lipinski definition) is 10. The lowest BCUT2D eigenvalue weighted by Gasteiger charge is -2.47. The number of rotatable bonds is 0. The number of carbonyl (C=O) groups excluding carboxylic acids is 1. The van der Waals surface area contributed by atoms with Gasteiger partial charge < -0.3 is 42.6 Å². The minimum absolute atomic E-state index is 0.0147. The Hall–Kier alpha value is -1.37. The molecule has 10 saturated heterocycles. The van der Waals surface area contributed by atoms with E-state index < -0.39 is 5.79 Å². The zero-order valence-corrected chi connectivity index (χ0v) is 29.7. The number of fused-ring (bicyclic) bond motifs is 6. The summed E-state index contributed by atoms with van der Waals surface area (Å²) in [6.45, 7) is 17.6. The van der Waals surface area contributed by atoms with Gasteiger partial charge in [-0.3, -0.25) is 4.79 Å². The zero-order valence-electron chi connectivity index (χ0n) is 29.7. The van der Waals surface area contributed by atoms with E-state index in [1.165, 1.54) is 0 Å². The van der Waals surface area contributed by atoms with E-state index in [0.717, 1.165) is 49.7 Å². The lowest BCUT2D eigenvalue weighted by Crippen LogP contribution is -2.61. The molecule has 19 atom stereocenters. The van der Waals surface area contributed by atoms with Crippen LogP contribution < -0.4 is 0 Å². The summed E-state index contributed by atoms with van der Waals surface area (Å²) in [5, 5.41) is 0. The quantitative estimate of drug-likeness (QED) is 0.246. The predicted octanol–water partition coefficient (Wildman–Crippen LogP) is 5.34. The Bertz CT molecular complexity index is 1320. The first kappa shape index (κ1) is 33.5. The first-order valence-corrected chi connectivity index (χ1v) is 19.4. The SMILES string of the molecule is C=C1CC2CCC34CC5OC6C(OC7CCC(CC(=O)OC8C(CC9OC(CCC1O2)CC(C)C9=C)OC(C)C(C)C8C)OC7C6O3)C5O4. The van der Waals surface area contributed by atoms with Crippen LogP contribution in [-0.2, 0) is 47.4 Å². The van der Waals surface area contributed by atoms with E-state index in [0.29, 0.717) is 31.6 Å². The molecule has 0 radical (unpaired) electrons. The van der Waals surface area contributed by atoms with E-state index in [-0.39, 0.29) is 116 Å². The molecule has 0 saturated carbocycles. The molecule has 10 heterocycles. The molecule has 10 nitrogen and oxygen atoms in total. The second-order valence-corrected chi connectivity index (χ2v) is 17.0. The molecule has 10 aliphatic heterocycles. The van der Waals surface area contributed by atoms with Gasteiger partial charge in [0.2, 0.25) is 0 Å². The van der Waals surface area contributed by atoms with Crippen LogP contribution in [0.2, 0.25) is 0 Å². The van der Waals surface area contributed by atoms with Crippen LogP contribution in [0.15, 0.2) is 24.3 Å². The number of carbonyl (C=O) groups is 1. The van der Waals surface area contributed by atoms with Gasteiger partial charge in [0.25, 0.3) is 0 Å². The lowest BCUT2D eigenvalue weighted by molar-refractivity contribution is -0.293. The summed E-state index contributed by atoms with van der Waals surface area (Å²) in [4.78, 5) is 13.8. The van der Waals surface area contributed by atoms with Gasteiger partial charge in [-0.05, 0) is 74.9 Å². The normalized spacial score (nSPS) is 55.8. The van der Waals surface area contributed by atoms with E-state index in [9.17, 15) is 4.79 Å². The first-order chi connectivity index (χ1) is 23.5. The van der Waals surface area contributed by atoms with Gasteiger partial charge >= 0.3 is 5.97 Å². The van der Waals surface area contributed by atoms with Gasteiger partial charge in [0.05, 0.1) is 61.4 Å². The largest absolute Gasteiger partial charge is 0.459 e. The van der Waals surface area contributed by atoms with Crippen LogP contribution in [0, 0.1) is 17.8 Å². The topological polar surface area (TPSA) is 100 Å². The van der Waals surface area contributed by atoms with E-state index in [4.69, 9.17) is 42.6 Å². The van der Waals surface area contributed by atoms with Gasteiger partial charge in [0, 0.05) is 25.2 Å². The molecule has 0 N–H and O–H groups in total. The Morgan fingerprint density at radius 3 is 2.20 bits per heavy atom. The minimum atomic E-state index is -0.764. The standard InChI is InChI=1S/C39H56O10/c1-18-13-24-7-9-27-19(2)14-26(42-27)11-12-39-17-31-35(48-39)36-37(46-31)38(49-39)34-28(45-36)10-8-25(44-34)15-32(40)47-33-22(5)21(4)23(6)41-30(33)16-29(43-24)20(18)3/h18,21-31,33-38H,2-3,7-17H2,1,4-6H3. The molecule has 10 aliphatic rings. The van der Waals surface area contributed by atoms with Crippen LogP contribution in [0.3, 0.4) is 0 Å². The zero-order chi connectivity index (χ0) is 33.8. The van der Waals surface area contributed by atoms with Crippen LogP contribution in [0.5, 0.6) is 0 Å². The maximum absolute atomic E-state index is 13.8. The summed E-state index contributed by atoms with van der Waals surface area (Å²) in [5.74, 6) is -0.325. The summed E-state index contributed by atoms with van der Waals surface area (Å²) >= 11 is 0. The molecule has 12 bridgehead atoms. The summed E-state index contributed by atoms with van der Waals surface area (Å²) in [6, 6.07) is 0. The Kier molecular flexibility index (Phi) is 8.63. The maximum Gasteiger partial charge on any atom is 0.308 e. The molecule has 49 heavy (non-hydrogen) atoms. The fraction of sp³-hybridized carbons (Fsp3) is 0.872. The average Bonchev–Trinajstić information content (AvgIpc) is 3.65. The van der Waals surface area contributed by atoms with Crippen molar-refractivity contribution in [3.05, 3.63) is 24.3 Å². The maximum atomic E-state index is 13.8. The highest BCUT2D eigenvalue weighted by Gasteiger charge is 2.68. The van der Waals surface area contributed by atoms with Gasteiger partial charge in [-0.15, -0.1) is 0 Å². The molecule has 0 aromatic carbocycles. The second kappa shape index (κ2) is 12.6. The first-order valence-electron chi connectivity index (χ1n) is 19.4. The Balaban J connectivity index is 0.995. The van der Waals surface area contributed by atoms with Crippen molar-refractivity contribution < 1.29 is 47.4 Å². The van der Waals surface area contributed by atoms with Crippen LogP contribution >= 0.6 is 0 Å². The van der Waals surface area contributed by atoms with Crippen LogP contribution in [0.4, 0.5) is 0 Å². The van der Waals surface area contributed by atoms with Crippen molar-refractivity contribution >= 4 is 5.97 Å². The molecule has 0 aromatic heterocycles. The molecule has 0 amide bonds. The fourth-order valence-corrected chi connectivity index (χ4v) is 10.7. The molecule has 0 aromatic rings. The van der Waals surface area contributed by atoms with Gasteiger partial charge in [-0.2, -0.15) is 0 Å². The highest BCUT2D eigenvalue weighted by molar-refractivity contribution is 5.70. The predicted molar refractivity (Wildman–Crippen MR) is 177 cm³/mol. The van der Waals surface area contributed by atoms with Gasteiger partial charge in [-0.25, -0.2) is 0 Å². The molecule has 10 rings (SSSR count). The third-order valence-electron chi connectivity index (χ3n) is 13.9. The molecule has 272 valence electrons. The van der Waals surface area contributed by atoms with Gasteiger partial charge in [0.1, 0.15) is 36.6 Å². The molecule has 10 heteroatoms. The van der Waals surface area contributed by atoms with Crippen molar-refractivity contribution in [1.82, 2.24) is 0 Å². The third kappa shape index (κ3) is 5.88. The highest BCUT2D eigenvalue weighted by atomic mass is 16.8. The van der Waals surface area contributed by atoms with E-state index in [1.807, 2.05) is 0 Å². The summed E-state index contributed by atoms with van der Waals surface area (Å²) in [7, 11) is 0. The van der Waals surface area contributed by atoms with Crippen molar-refractivity contribution in [1.29, 1.82) is 0 Å². The van der Waals surface area contributed by atoms with E-state index >= 15 is 0 Å². The number of esters is 1. The van der Waals surface area contributed by atoms with Crippen molar-refractivity contribution in [3.8, 4) is 0 Å². The van der Waals surface area contributed by atoms with Crippen molar-refractivity contribution in [3.63, 3.8) is 0 Å². The van der Waals surface area contributed by atoms with Crippen LogP contribution in [-0.4, -0.2) is 103 Å². The van der Waals surface area contributed by atoms with Crippen molar-refractivity contribution in [2.75, 3.05) is 0 Å². The summed E-state index contributed by atoms with van der Waals surface area (Å²) < 4.78 is 60.2. The van der Waals surface area contributed by atoms with Crippen molar-refractivity contribution in [2.24, 2.45) is 17.8 Å². The highest BCUT2D eigenvalue weighted by Crippen LogP contribution is 2.54. The number of hydrogen-bond donors (Lipinski definition) is 0. The average molecular weight is 685 g/mol. The Morgan fingerprint density at radius 1 is 0.612 bits per heavy atom. The number of ether oxygens (including phenoxy) is 9. The Labute approximate surface area is 290 Å². The fourth-order valence-electron chi connectivity index (χ4n) is 10.7. The smallest absolute Gasteiger partial charge is 0.308 e. The minimum Gasteiger partial charge on any atom is -0.459 e. The van der Waals surface area contributed by atoms with E-state index in [2.05, 4.69) is 40.9 Å². The van der Waals surface area contributed by atoms with Gasteiger partial charge in [0.15, 0.2) is 5.79 Å². The molecular weight excluding hydrogens is 628 g/mol. The van der Waals surface area contributed by atoms with Gasteiger partial charge in [-0.1, -0.05) is 33.9 Å². The van der Waals surface area contributed by atoms with E-state index in [1.54, 1.807) is 0 Å². The van der Waals surface area contributed by atoms with Crippen LogP contribution in [0.25, 0.3) is 0 Å². The van der Waals surface area contributed by atoms with Crippen LogP contribution in [0.1, 0.15) is 98.3 Å². The summed E-state index contributed by atoms with van der Waals surface area (Å²) in [5.41, 5.74) is 2.26. The second-order valence-electron chi connectivity index (χ2n) is 17.0. The molecular formula is C39H56O10. The molecule has 0 aliphatic carbocycles. The molecule has 10 fully saturated rings. The molecule has 1 spiro atoms. The molecule has 19 unspecified atom stereocenters. The Morgan fingerprint density at radius 2 is 1.35 bits per heavy atom. The lowest BCUT2D eigenvalue weighted by atomic mass is 9.78. The monoisotopic (exact) mass is 684 g/mol. The third-order valence-corrected chi connectivity index (χ3v) is 13.9. The van der Waals surface area contributed by atoms with Crippen molar-refractivity contribution in [2.45, 2.75) is 196 Å². The summed E-state index contributed by atoms with van der Waals surface area (Å²) in [6.07, 6.45) is 5.76.